The summed E-state index contributed by atoms with van der Waals surface area (Å²) in [5.74, 6) is -1.09. The molecule has 0 spiro atoms. The molecule has 0 saturated heterocycles. The molecule has 0 aliphatic rings. The normalized spacial score (nSPS) is 12.5. The van der Waals surface area contributed by atoms with E-state index in [-0.39, 0.29) is 11.3 Å². The van der Waals surface area contributed by atoms with E-state index in [4.69, 9.17) is 0 Å². The Bertz CT molecular complexity index is 796. The molecule has 10 nitrogen and oxygen atoms in total. The van der Waals surface area contributed by atoms with Crippen molar-refractivity contribution in [3.8, 4) is 0 Å². The molecule has 128 valence electrons. The van der Waals surface area contributed by atoms with Gasteiger partial charge in [-0.3, -0.25) is 19.6 Å². The van der Waals surface area contributed by atoms with E-state index in [0.29, 0.717) is 12.1 Å². The van der Waals surface area contributed by atoms with Crippen LogP contribution >= 0.6 is 0 Å². The summed E-state index contributed by atoms with van der Waals surface area (Å²) in [5, 5.41) is 22.1. The number of hydrogen-bond acceptors (Lipinski definition) is 6. The van der Waals surface area contributed by atoms with E-state index in [2.05, 4.69) is 20.7 Å². The first-order valence-corrected chi connectivity index (χ1v) is 7.05. The Morgan fingerprint density at radius 3 is 2.83 bits per heavy atom. The molecule has 0 aliphatic carbocycles. The molecule has 1 atom stereocenters. The zero-order valence-corrected chi connectivity index (χ0v) is 13.3. The van der Waals surface area contributed by atoms with E-state index in [1.54, 1.807) is 13.8 Å². The van der Waals surface area contributed by atoms with Crippen molar-refractivity contribution >= 4 is 17.8 Å². The number of carbonyl (C=O) groups excluding carboxylic acids is 1. The molecule has 2 heterocycles. The summed E-state index contributed by atoms with van der Waals surface area (Å²) in [6.45, 7) is 3.34. The minimum absolute atomic E-state index is 0.167. The van der Waals surface area contributed by atoms with Crippen LogP contribution in [0.5, 0.6) is 0 Å². The molecular formula is C13H16FN7O3. The van der Waals surface area contributed by atoms with Gasteiger partial charge in [0, 0.05) is 7.05 Å². The summed E-state index contributed by atoms with van der Waals surface area (Å²) in [5.41, 5.74) is 2.67. The molecule has 0 aromatic carbocycles. The standard InChI is InChI=1S/C13H16FN7O3/c1-4-11(20-7-9(5-16-20)21(23)24)13(22)17-15-6-10-8(2)18-19(3)12(10)14/h5-7,11H,4H2,1-3H3,(H,17,22)/b15-6+. The average Bonchev–Trinajstić information content (AvgIpc) is 3.09. The number of hydrogen-bond donors (Lipinski definition) is 1. The maximum absolute atomic E-state index is 13.7. The van der Waals surface area contributed by atoms with Gasteiger partial charge in [0.15, 0.2) is 0 Å². The summed E-state index contributed by atoms with van der Waals surface area (Å²) in [7, 11) is 1.45. The van der Waals surface area contributed by atoms with Crippen LogP contribution in [0.1, 0.15) is 30.6 Å². The molecule has 24 heavy (non-hydrogen) atoms. The summed E-state index contributed by atoms with van der Waals surface area (Å²) < 4.78 is 16.0. The SMILES string of the molecule is CCC(C(=O)N/N=C/c1c(C)nn(C)c1F)n1cc([N+](=O)[O-])cn1. The summed E-state index contributed by atoms with van der Waals surface area (Å²) in [6, 6.07) is -0.768. The quantitative estimate of drug-likeness (QED) is 0.480. The van der Waals surface area contributed by atoms with Crippen LogP contribution in [0.3, 0.4) is 0 Å². The molecule has 0 bridgehead atoms. The molecular weight excluding hydrogens is 321 g/mol. The molecule has 0 saturated carbocycles. The molecule has 2 aromatic rings. The number of aryl methyl sites for hydroxylation is 2. The van der Waals surface area contributed by atoms with E-state index in [1.807, 2.05) is 0 Å². The minimum atomic E-state index is -0.768. The lowest BCUT2D eigenvalue weighted by molar-refractivity contribution is -0.385. The number of halogens is 1. The first-order valence-electron chi connectivity index (χ1n) is 7.05. The van der Waals surface area contributed by atoms with Crippen molar-refractivity contribution in [3.05, 3.63) is 39.7 Å². The van der Waals surface area contributed by atoms with Crippen LogP contribution in [-0.2, 0) is 11.8 Å². The lowest BCUT2D eigenvalue weighted by Gasteiger charge is -2.12. The second kappa shape index (κ2) is 6.98. The number of nitrogens with zero attached hydrogens (tertiary/aromatic N) is 6. The van der Waals surface area contributed by atoms with Gasteiger partial charge < -0.3 is 0 Å². The van der Waals surface area contributed by atoms with Gasteiger partial charge in [0.2, 0.25) is 5.95 Å². The predicted octanol–water partition coefficient (Wildman–Crippen LogP) is 1.07. The highest BCUT2D eigenvalue weighted by molar-refractivity contribution is 5.84. The molecule has 2 rings (SSSR count). The Labute approximate surface area is 136 Å². The van der Waals surface area contributed by atoms with E-state index < -0.39 is 22.8 Å². The van der Waals surface area contributed by atoms with E-state index in [0.717, 1.165) is 17.1 Å². The van der Waals surface area contributed by atoms with Crippen molar-refractivity contribution in [2.75, 3.05) is 0 Å². The maximum atomic E-state index is 13.7. The fourth-order valence-corrected chi connectivity index (χ4v) is 2.11. The minimum Gasteiger partial charge on any atom is -0.271 e. The molecule has 1 amide bonds. The Hall–Kier alpha value is -3.11. The van der Waals surface area contributed by atoms with Gasteiger partial charge in [0.25, 0.3) is 5.91 Å². The van der Waals surface area contributed by atoms with Gasteiger partial charge in [-0.25, -0.2) is 10.1 Å². The predicted molar refractivity (Wildman–Crippen MR) is 81.8 cm³/mol. The first-order chi connectivity index (χ1) is 11.3. The van der Waals surface area contributed by atoms with Gasteiger partial charge in [-0.1, -0.05) is 6.92 Å². The third kappa shape index (κ3) is 3.45. The van der Waals surface area contributed by atoms with Gasteiger partial charge in [0.05, 0.1) is 22.4 Å². The Morgan fingerprint density at radius 2 is 2.33 bits per heavy atom. The van der Waals surface area contributed by atoms with Crippen LogP contribution in [0.15, 0.2) is 17.5 Å². The van der Waals surface area contributed by atoms with Crippen molar-refractivity contribution in [3.63, 3.8) is 0 Å². The number of aromatic nitrogens is 4. The van der Waals surface area contributed by atoms with Crippen LogP contribution < -0.4 is 5.43 Å². The monoisotopic (exact) mass is 337 g/mol. The largest absolute Gasteiger partial charge is 0.307 e. The molecule has 1 unspecified atom stereocenters. The lowest BCUT2D eigenvalue weighted by Crippen LogP contribution is -2.29. The third-order valence-corrected chi connectivity index (χ3v) is 3.37. The Morgan fingerprint density at radius 1 is 1.62 bits per heavy atom. The highest BCUT2D eigenvalue weighted by atomic mass is 19.1. The summed E-state index contributed by atoms with van der Waals surface area (Å²) in [6.07, 6.45) is 3.74. The van der Waals surface area contributed by atoms with Crippen LogP contribution in [0, 0.1) is 23.0 Å². The van der Waals surface area contributed by atoms with Gasteiger partial charge in [-0.05, 0) is 13.3 Å². The number of amides is 1. The van der Waals surface area contributed by atoms with Crippen LogP contribution in [-0.4, -0.2) is 36.6 Å². The third-order valence-electron chi connectivity index (χ3n) is 3.37. The number of carbonyl (C=O) groups is 1. The second-order valence-electron chi connectivity index (χ2n) is 5.01. The van der Waals surface area contributed by atoms with Gasteiger partial charge in [0.1, 0.15) is 18.4 Å². The van der Waals surface area contributed by atoms with Crippen molar-refractivity contribution < 1.29 is 14.1 Å². The highest BCUT2D eigenvalue weighted by Gasteiger charge is 2.21. The Balaban J connectivity index is 2.09. The topological polar surface area (TPSA) is 120 Å². The van der Waals surface area contributed by atoms with E-state index in [9.17, 15) is 19.3 Å². The highest BCUT2D eigenvalue weighted by Crippen LogP contribution is 2.16. The average molecular weight is 337 g/mol. The number of nitro groups is 1. The zero-order valence-electron chi connectivity index (χ0n) is 13.3. The van der Waals surface area contributed by atoms with Crippen LogP contribution in [0.4, 0.5) is 10.1 Å². The molecule has 0 aliphatic heterocycles. The molecule has 0 fully saturated rings. The zero-order chi connectivity index (χ0) is 17.9. The van der Waals surface area contributed by atoms with Crippen molar-refractivity contribution in [1.29, 1.82) is 0 Å². The second-order valence-corrected chi connectivity index (χ2v) is 5.01. The fraction of sp³-hybridized carbons (Fsp3) is 0.385. The molecule has 1 N–H and O–H groups in total. The fourth-order valence-electron chi connectivity index (χ4n) is 2.11. The lowest BCUT2D eigenvalue weighted by atomic mass is 10.2. The number of hydrazone groups is 1. The van der Waals surface area contributed by atoms with Crippen LogP contribution in [0.25, 0.3) is 0 Å². The summed E-state index contributed by atoms with van der Waals surface area (Å²) >= 11 is 0. The van der Waals surface area contributed by atoms with Crippen molar-refractivity contribution in [2.45, 2.75) is 26.3 Å². The van der Waals surface area contributed by atoms with Gasteiger partial charge in [-0.2, -0.15) is 19.7 Å². The summed E-state index contributed by atoms with van der Waals surface area (Å²) in [4.78, 5) is 22.2. The maximum Gasteiger partial charge on any atom is 0.307 e. The van der Waals surface area contributed by atoms with Crippen LogP contribution in [0.2, 0.25) is 0 Å². The molecule has 11 heteroatoms. The Kier molecular flexibility index (Phi) is 5.02. The first kappa shape index (κ1) is 17.2. The van der Waals surface area contributed by atoms with Crippen molar-refractivity contribution in [1.82, 2.24) is 25.0 Å². The van der Waals surface area contributed by atoms with Gasteiger partial charge in [-0.15, -0.1) is 0 Å². The van der Waals surface area contributed by atoms with E-state index in [1.165, 1.54) is 17.9 Å². The number of rotatable bonds is 6. The van der Waals surface area contributed by atoms with Crippen molar-refractivity contribution in [2.24, 2.45) is 12.1 Å². The molecule has 0 radical (unpaired) electrons. The molecule has 2 aromatic heterocycles. The smallest absolute Gasteiger partial charge is 0.271 e. The number of nitrogens with one attached hydrogen (secondary N) is 1. The van der Waals surface area contributed by atoms with E-state index >= 15 is 0 Å². The van der Waals surface area contributed by atoms with Gasteiger partial charge >= 0.3 is 5.69 Å².